The average molecular weight is 267 g/mol. The fraction of sp³-hybridized carbons (Fsp3) is 0.583. The molecule has 2 rings (SSSR count). The number of carbonyl (C=O) groups is 1. The molecule has 104 valence electrons. The standard InChI is InChI=1S/C12H18FN5O/c1-14-11(19)8-3-5-18(6-4-8)10-9(13)7-16-12(15-2)17-10/h7-8H,3-6H2,1-2H3,(H,14,19)(H,15,16,17). The van der Waals surface area contributed by atoms with E-state index < -0.39 is 5.82 Å². The highest BCUT2D eigenvalue weighted by molar-refractivity contribution is 5.78. The minimum Gasteiger partial charge on any atom is -0.359 e. The van der Waals surface area contributed by atoms with Crippen LogP contribution in [0.2, 0.25) is 0 Å². The van der Waals surface area contributed by atoms with E-state index in [1.54, 1.807) is 14.1 Å². The minimum absolute atomic E-state index is 0.00918. The maximum atomic E-state index is 13.7. The number of rotatable bonds is 3. The Morgan fingerprint density at radius 2 is 2.11 bits per heavy atom. The Kier molecular flexibility index (Phi) is 4.13. The van der Waals surface area contributed by atoms with Crippen molar-refractivity contribution in [3.8, 4) is 0 Å². The monoisotopic (exact) mass is 267 g/mol. The van der Waals surface area contributed by atoms with Gasteiger partial charge < -0.3 is 15.5 Å². The summed E-state index contributed by atoms with van der Waals surface area (Å²) in [5.41, 5.74) is 0. The number of carbonyl (C=O) groups excluding carboxylic acids is 1. The zero-order valence-corrected chi connectivity index (χ0v) is 11.1. The lowest BCUT2D eigenvalue weighted by molar-refractivity contribution is -0.125. The van der Waals surface area contributed by atoms with Gasteiger partial charge in [-0.1, -0.05) is 0 Å². The molecule has 2 N–H and O–H groups in total. The Bertz CT molecular complexity index is 459. The lowest BCUT2D eigenvalue weighted by atomic mass is 9.96. The van der Waals surface area contributed by atoms with Gasteiger partial charge in [0.1, 0.15) is 0 Å². The van der Waals surface area contributed by atoms with Crippen molar-refractivity contribution in [1.82, 2.24) is 15.3 Å². The van der Waals surface area contributed by atoms with E-state index in [-0.39, 0.29) is 11.8 Å². The minimum atomic E-state index is -0.433. The summed E-state index contributed by atoms with van der Waals surface area (Å²) in [6.45, 7) is 1.24. The van der Waals surface area contributed by atoms with Gasteiger partial charge in [0.25, 0.3) is 0 Å². The summed E-state index contributed by atoms with van der Waals surface area (Å²) in [5, 5.41) is 5.44. The number of nitrogens with one attached hydrogen (secondary N) is 2. The summed E-state index contributed by atoms with van der Waals surface area (Å²) < 4.78 is 13.7. The van der Waals surface area contributed by atoms with Crippen LogP contribution >= 0.6 is 0 Å². The Morgan fingerprint density at radius 3 is 2.68 bits per heavy atom. The van der Waals surface area contributed by atoms with E-state index >= 15 is 0 Å². The molecule has 1 aromatic rings. The van der Waals surface area contributed by atoms with E-state index in [0.717, 1.165) is 0 Å². The molecular formula is C12H18FN5O. The highest BCUT2D eigenvalue weighted by Crippen LogP contribution is 2.24. The highest BCUT2D eigenvalue weighted by Gasteiger charge is 2.26. The first kappa shape index (κ1) is 13.5. The Labute approximate surface area is 111 Å². The number of hydrogen-bond donors (Lipinski definition) is 2. The zero-order chi connectivity index (χ0) is 13.8. The SMILES string of the molecule is CNC(=O)C1CCN(c2nc(NC)ncc2F)CC1. The largest absolute Gasteiger partial charge is 0.359 e. The van der Waals surface area contributed by atoms with Crippen molar-refractivity contribution in [2.75, 3.05) is 37.4 Å². The lowest BCUT2D eigenvalue weighted by Gasteiger charge is -2.32. The second kappa shape index (κ2) is 5.81. The molecular weight excluding hydrogens is 249 g/mol. The van der Waals surface area contributed by atoms with Crippen molar-refractivity contribution in [3.05, 3.63) is 12.0 Å². The van der Waals surface area contributed by atoms with Gasteiger partial charge in [0, 0.05) is 33.1 Å². The molecule has 0 unspecified atom stereocenters. The van der Waals surface area contributed by atoms with Gasteiger partial charge in [-0.05, 0) is 12.8 Å². The first-order valence-corrected chi connectivity index (χ1v) is 6.32. The first-order valence-electron chi connectivity index (χ1n) is 6.32. The van der Waals surface area contributed by atoms with E-state index in [1.165, 1.54) is 6.20 Å². The number of anilines is 2. The second-order valence-corrected chi connectivity index (χ2v) is 4.49. The summed E-state index contributed by atoms with van der Waals surface area (Å²) >= 11 is 0. The van der Waals surface area contributed by atoms with Crippen LogP contribution in [-0.2, 0) is 4.79 Å². The number of halogens is 1. The van der Waals surface area contributed by atoms with Crippen LogP contribution in [0.3, 0.4) is 0 Å². The Balaban J connectivity index is 2.07. The molecule has 0 radical (unpaired) electrons. The molecule has 1 amide bonds. The zero-order valence-electron chi connectivity index (χ0n) is 11.1. The van der Waals surface area contributed by atoms with Gasteiger partial charge >= 0.3 is 0 Å². The molecule has 6 nitrogen and oxygen atoms in total. The molecule has 0 bridgehead atoms. The van der Waals surface area contributed by atoms with Crippen LogP contribution in [0.15, 0.2) is 6.20 Å². The summed E-state index contributed by atoms with van der Waals surface area (Å²) in [5.74, 6) is 0.325. The van der Waals surface area contributed by atoms with E-state index in [4.69, 9.17) is 0 Å². The van der Waals surface area contributed by atoms with Gasteiger partial charge in [0.2, 0.25) is 11.9 Å². The molecule has 1 aliphatic heterocycles. The molecule has 0 aromatic carbocycles. The predicted octanol–water partition coefficient (Wildman–Crippen LogP) is 0.620. The molecule has 1 saturated heterocycles. The van der Waals surface area contributed by atoms with Gasteiger partial charge in [-0.25, -0.2) is 9.37 Å². The van der Waals surface area contributed by atoms with Gasteiger partial charge in [0.15, 0.2) is 11.6 Å². The molecule has 1 aliphatic rings. The van der Waals surface area contributed by atoms with Gasteiger partial charge in [-0.15, -0.1) is 0 Å². The second-order valence-electron chi connectivity index (χ2n) is 4.49. The smallest absolute Gasteiger partial charge is 0.224 e. The van der Waals surface area contributed by atoms with Crippen molar-refractivity contribution < 1.29 is 9.18 Å². The summed E-state index contributed by atoms with van der Waals surface area (Å²) in [4.78, 5) is 21.3. The molecule has 0 atom stereocenters. The number of piperidine rings is 1. The molecule has 0 aliphatic carbocycles. The van der Waals surface area contributed by atoms with Crippen molar-refractivity contribution >= 4 is 17.7 Å². The third kappa shape index (κ3) is 2.91. The fourth-order valence-electron chi connectivity index (χ4n) is 2.26. The van der Waals surface area contributed by atoms with E-state index in [9.17, 15) is 9.18 Å². The van der Waals surface area contributed by atoms with Crippen molar-refractivity contribution in [2.24, 2.45) is 5.92 Å². The molecule has 7 heteroatoms. The topological polar surface area (TPSA) is 70.2 Å². The van der Waals surface area contributed by atoms with Crippen LogP contribution in [0.1, 0.15) is 12.8 Å². The van der Waals surface area contributed by atoms with E-state index in [0.29, 0.717) is 37.7 Å². The molecule has 0 spiro atoms. The molecule has 2 heterocycles. The number of hydrogen-bond acceptors (Lipinski definition) is 5. The molecule has 1 fully saturated rings. The molecule has 19 heavy (non-hydrogen) atoms. The fourth-order valence-corrected chi connectivity index (χ4v) is 2.26. The summed E-state index contributed by atoms with van der Waals surface area (Å²) in [6, 6.07) is 0. The van der Waals surface area contributed by atoms with Crippen LogP contribution in [0, 0.1) is 11.7 Å². The van der Waals surface area contributed by atoms with Crippen LogP contribution < -0.4 is 15.5 Å². The van der Waals surface area contributed by atoms with Crippen molar-refractivity contribution in [1.29, 1.82) is 0 Å². The maximum Gasteiger partial charge on any atom is 0.224 e. The summed E-state index contributed by atoms with van der Waals surface area (Å²) in [7, 11) is 3.33. The Hall–Kier alpha value is -1.92. The average Bonchev–Trinajstić information content (AvgIpc) is 2.47. The maximum absolute atomic E-state index is 13.7. The van der Waals surface area contributed by atoms with E-state index in [2.05, 4.69) is 20.6 Å². The van der Waals surface area contributed by atoms with Crippen molar-refractivity contribution in [2.45, 2.75) is 12.8 Å². The molecule has 0 saturated carbocycles. The first-order chi connectivity index (χ1) is 9.15. The quantitative estimate of drug-likeness (QED) is 0.840. The third-order valence-electron chi connectivity index (χ3n) is 3.36. The number of amides is 1. The van der Waals surface area contributed by atoms with Crippen LogP contribution in [-0.4, -0.2) is 43.1 Å². The number of aromatic nitrogens is 2. The van der Waals surface area contributed by atoms with E-state index in [1.807, 2.05) is 4.90 Å². The van der Waals surface area contributed by atoms with Crippen LogP contribution in [0.5, 0.6) is 0 Å². The number of nitrogens with zero attached hydrogens (tertiary/aromatic N) is 3. The van der Waals surface area contributed by atoms with Crippen LogP contribution in [0.25, 0.3) is 0 Å². The predicted molar refractivity (Wildman–Crippen MR) is 70.5 cm³/mol. The molecule has 1 aromatic heterocycles. The normalized spacial score (nSPS) is 16.3. The van der Waals surface area contributed by atoms with Crippen LogP contribution in [0.4, 0.5) is 16.2 Å². The van der Waals surface area contributed by atoms with Crippen molar-refractivity contribution in [3.63, 3.8) is 0 Å². The van der Waals surface area contributed by atoms with Gasteiger partial charge in [-0.3, -0.25) is 4.79 Å². The third-order valence-corrected chi connectivity index (χ3v) is 3.36. The summed E-state index contributed by atoms with van der Waals surface area (Å²) in [6.07, 6.45) is 2.58. The Morgan fingerprint density at radius 1 is 1.42 bits per heavy atom. The van der Waals surface area contributed by atoms with Gasteiger partial charge in [0.05, 0.1) is 6.20 Å². The highest BCUT2D eigenvalue weighted by atomic mass is 19.1. The van der Waals surface area contributed by atoms with Gasteiger partial charge in [-0.2, -0.15) is 4.98 Å². The lowest BCUT2D eigenvalue weighted by Crippen LogP contribution is -2.40.